The van der Waals surface area contributed by atoms with Gasteiger partial charge >= 0.3 is 0 Å². The van der Waals surface area contributed by atoms with E-state index >= 15 is 0 Å². The summed E-state index contributed by atoms with van der Waals surface area (Å²) >= 11 is 3.26. The Hall–Kier alpha value is -1.67. The zero-order chi connectivity index (χ0) is 15.6. The quantitative estimate of drug-likeness (QED) is 0.661. The average molecular weight is 371 g/mol. The number of rotatable bonds is 4. The first kappa shape index (κ1) is 15.7. The van der Waals surface area contributed by atoms with E-state index in [0.717, 1.165) is 21.4 Å². The van der Waals surface area contributed by atoms with Gasteiger partial charge in [0.25, 0.3) is 10.0 Å². The molecule has 0 atom stereocenters. The third-order valence-corrected chi connectivity index (χ3v) is 4.82. The number of halogens is 1. The van der Waals surface area contributed by atoms with Crippen molar-refractivity contribution in [2.45, 2.75) is 18.7 Å². The molecule has 1 aromatic heterocycles. The fourth-order valence-electron chi connectivity index (χ4n) is 1.80. The van der Waals surface area contributed by atoms with Crippen LogP contribution in [0, 0.1) is 13.8 Å². The van der Waals surface area contributed by atoms with Crippen LogP contribution in [-0.4, -0.2) is 24.4 Å². The Bertz CT molecular complexity index is 779. The Morgan fingerprint density at radius 2 is 1.90 bits per heavy atom. The van der Waals surface area contributed by atoms with E-state index in [4.69, 9.17) is 0 Å². The van der Waals surface area contributed by atoms with E-state index < -0.39 is 10.0 Å². The molecule has 0 amide bonds. The number of hydrogen-bond donors (Lipinski definition) is 1. The smallest absolute Gasteiger partial charge is 0.272 e. The molecule has 1 heterocycles. The second kappa shape index (κ2) is 5.98. The Morgan fingerprint density at radius 1 is 1.29 bits per heavy atom. The van der Waals surface area contributed by atoms with Crippen molar-refractivity contribution in [3.05, 3.63) is 45.7 Å². The van der Waals surface area contributed by atoms with Gasteiger partial charge in [0, 0.05) is 22.8 Å². The van der Waals surface area contributed by atoms with Crippen molar-refractivity contribution in [2.75, 3.05) is 0 Å². The second-order valence-corrected chi connectivity index (χ2v) is 7.09. The molecule has 0 aliphatic carbocycles. The molecule has 112 valence electrons. The molecule has 0 unspecified atom stereocenters. The summed E-state index contributed by atoms with van der Waals surface area (Å²) in [6.07, 6.45) is 1.47. The SMILES string of the molecule is Cc1nn(C)c(C)c1/C=N\NS(=O)(=O)c1ccc(Br)cc1. The minimum Gasteiger partial charge on any atom is -0.272 e. The van der Waals surface area contributed by atoms with Gasteiger partial charge in [0.1, 0.15) is 0 Å². The molecule has 0 radical (unpaired) electrons. The van der Waals surface area contributed by atoms with E-state index in [0.29, 0.717) is 0 Å². The average Bonchev–Trinajstić information content (AvgIpc) is 2.65. The van der Waals surface area contributed by atoms with Crippen LogP contribution >= 0.6 is 15.9 Å². The Morgan fingerprint density at radius 3 is 2.43 bits per heavy atom. The number of sulfonamides is 1. The van der Waals surface area contributed by atoms with Crippen molar-refractivity contribution >= 4 is 32.2 Å². The van der Waals surface area contributed by atoms with Crippen molar-refractivity contribution in [1.82, 2.24) is 14.6 Å². The van der Waals surface area contributed by atoms with E-state index in [1.807, 2.05) is 20.9 Å². The fraction of sp³-hybridized carbons (Fsp3) is 0.231. The van der Waals surface area contributed by atoms with Gasteiger partial charge in [-0.2, -0.15) is 18.6 Å². The minimum atomic E-state index is -3.66. The largest absolute Gasteiger partial charge is 0.276 e. The Balaban J connectivity index is 2.18. The second-order valence-electron chi connectivity index (χ2n) is 4.51. The molecule has 8 heteroatoms. The molecular weight excluding hydrogens is 356 g/mol. The van der Waals surface area contributed by atoms with Crippen LogP contribution in [0.3, 0.4) is 0 Å². The summed E-state index contributed by atoms with van der Waals surface area (Å²) in [5.41, 5.74) is 2.51. The highest BCUT2D eigenvalue weighted by atomic mass is 79.9. The van der Waals surface area contributed by atoms with Crippen molar-refractivity contribution in [3.63, 3.8) is 0 Å². The highest BCUT2D eigenvalue weighted by Gasteiger charge is 2.12. The van der Waals surface area contributed by atoms with Gasteiger partial charge in [-0.15, -0.1) is 0 Å². The summed E-state index contributed by atoms with van der Waals surface area (Å²) < 4.78 is 26.6. The number of benzene rings is 1. The van der Waals surface area contributed by atoms with E-state index in [2.05, 4.69) is 31.0 Å². The third-order valence-electron chi connectivity index (χ3n) is 3.06. The summed E-state index contributed by atoms with van der Waals surface area (Å²) in [5, 5.41) is 8.06. The Kier molecular flexibility index (Phi) is 4.48. The predicted octanol–water partition coefficient (Wildman–Crippen LogP) is 2.11. The molecule has 2 rings (SSSR count). The third kappa shape index (κ3) is 3.51. The molecule has 1 N–H and O–H groups in total. The van der Waals surface area contributed by atoms with Gasteiger partial charge < -0.3 is 0 Å². The first-order valence-corrected chi connectivity index (χ1v) is 8.39. The lowest BCUT2D eigenvalue weighted by Gasteiger charge is -2.03. The molecule has 2 aromatic rings. The van der Waals surface area contributed by atoms with Crippen LogP contribution in [0.25, 0.3) is 0 Å². The molecule has 0 aliphatic heterocycles. The molecule has 0 fully saturated rings. The summed E-state index contributed by atoms with van der Waals surface area (Å²) in [4.78, 5) is 2.35. The maximum absolute atomic E-state index is 12.0. The zero-order valence-electron chi connectivity index (χ0n) is 11.8. The van der Waals surface area contributed by atoms with Gasteiger partial charge in [0.05, 0.1) is 16.8 Å². The van der Waals surface area contributed by atoms with Gasteiger partial charge in [-0.05, 0) is 38.1 Å². The molecule has 6 nitrogen and oxygen atoms in total. The number of hydrazone groups is 1. The number of aryl methyl sites for hydroxylation is 2. The van der Waals surface area contributed by atoms with Crippen molar-refractivity contribution in [2.24, 2.45) is 12.1 Å². The number of nitrogens with one attached hydrogen (secondary N) is 1. The summed E-state index contributed by atoms with van der Waals surface area (Å²) in [5.74, 6) is 0. The van der Waals surface area contributed by atoms with Crippen LogP contribution in [-0.2, 0) is 17.1 Å². The van der Waals surface area contributed by atoms with Gasteiger partial charge in [0.15, 0.2) is 0 Å². The zero-order valence-corrected chi connectivity index (χ0v) is 14.2. The van der Waals surface area contributed by atoms with E-state index in [1.165, 1.54) is 18.3 Å². The predicted molar refractivity (Wildman–Crippen MR) is 84.7 cm³/mol. The summed E-state index contributed by atoms with van der Waals surface area (Å²) in [6.45, 7) is 3.74. The molecule has 0 spiro atoms. The Labute approximate surface area is 132 Å². The first-order chi connectivity index (χ1) is 9.81. The van der Waals surface area contributed by atoms with E-state index in [1.54, 1.807) is 16.8 Å². The molecule has 0 bridgehead atoms. The lowest BCUT2D eigenvalue weighted by Crippen LogP contribution is -2.18. The van der Waals surface area contributed by atoms with Gasteiger partial charge in [-0.25, -0.2) is 4.83 Å². The standard InChI is InChI=1S/C13H15BrN4O2S/c1-9-13(10(2)18(3)16-9)8-15-17-21(19,20)12-6-4-11(14)5-7-12/h4-8,17H,1-3H3/b15-8-. The molecule has 0 saturated carbocycles. The highest BCUT2D eigenvalue weighted by molar-refractivity contribution is 9.10. The van der Waals surface area contributed by atoms with Crippen LogP contribution < -0.4 is 4.83 Å². The van der Waals surface area contributed by atoms with Crippen LogP contribution in [0.15, 0.2) is 38.7 Å². The van der Waals surface area contributed by atoms with Gasteiger partial charge in [0.2, 0.25) is 0 Å². The van der Waals surface area contributed by atoms with Crippen molar-refractivity contribution < 1.29 is 8.42 Å². The fourth-order valence-corrected chi connectivity index (χ4v) is 2.86. The monoisotopic (exact) mass is 370 g/mol. The molecule has 0 saturated heterocycles. The van der Waals surface area contributed by atoms with Crippen LogP contribution in [0.5, 0.6) is 0 Å². The highest BCUT2D eigenvalue weighted by Crippen LogP contribution is 2.14. The number of aromatic nitrogens is 2. The molecule has 21 heavy (non-hydrogen) atoms. The lowest BCUT2D eigenvalue weighted by molar-refractivity contribution is 0.584. The van der Waals surface area contributed by atoms with E-state index in [-0.39, 0.29) is 4.90 Å². The van der Waals surface area contributed by atoms with Crippen molar-refractivity contribution in [1.29, 1.82) is 0 Å². The van der Waals surface area contributed by atoms with Gasteiger partial charge in [-0.3, -0.25) is 4.68 Å². The van der Waals surface area contributed by atoms with Crippen LogP contribution in [0.2, 0.25) is 0 Å². The minimum absolute atomic E-state index is 0.155. The first-order valence-electron chi connectivity index (χ1n) is 6.12. The maximum atomic E-state index is 12.0. The topological polar surface area (TPSA) is 76.3 Å². The van der Waals surface area contributed by atoms with Gasteiger partial charge in [-0.1, -0.05) is 15.9 Å². The number of hydrogen-bond acceptors (Lipinski definition) is 4. The molecule has 1 aromatic carbocycles. The summed E-state index contributed by atoms with van der Waals surface area (Å²) in [7, 11) is -1.84. The van der Waals surface area contributed by atoms with E-state index in [9.17, 15) is 8.42 Å². The maximum Gasteiger partial charge on any atom is 0.276 e. The molecular formula is C13H15BrN4O2S. The van der Waals surface area contributed by atoms with Crippen molar-refractivity contribution in [3.8, 4) is 0 Å². The normalized spacial score (nSPS) is 12.0. The van der Waals surface area contributed by atoms with Crippen LogP contribution in [0.1, 0.15) is 17.0 Å². The van der Waals surface area contributed by atoms with Crippen LogP contribution in [0.4, 0.5) is 0 Å². The number of nitrogens with zero attached hydrogens (tertiary/aromatic N) is 3. The lowest BCUT2D eigenvalue weighted by atomic mass is 10.2. The summed E-state index contributed by atoms with van der Waals surface area (Å²) in [6, 6.07) is 6.33. The molecule has 0 aliphatic rings.